The number of aliphatic carboxylic acids is 3. The van der Waals surface area contributed by atoms with Crippen LogP contribution < -0.4 is 32.3 Å². The van der Waals surface area contributed by atoms with Crippen LogP contribution in [0.25, 0.3) is 10.9 Å². The lowest BCUT2D eigenvalue weighted by atomic mass is 10.0. The van der Waals surface area contributed by atoms with E-state index in [-0.39, 0.29) is 12.8 Å². The van der Waals surface area contributed by atoms with Gasteiger partial charge in [-0.2, -0.15) is 11.8 Å². The standard InChI is InChI=1S/C33H47N7O11S/c1-16(2)27(40-31(48)23(14-26(43)44)38-29(46)20(34)11-12-52-4)32(49)37-22(9-10-25(41)42)30(47)36-17(3)28(45)39-24(33(50)51)13-18-15-35-21-8-6-5-7-19(18)21/h5-8,15-17,20,22-24,27,35H,9-14,34H2,1-4H3,(H,36,47)(H,37,49)(H,38,46)(H,39,45)(H,40,48)(H,41,42)(H,43,44)(H,50,51)/t17-,20-,22-,23-,24-,27-/m0/s1. The zero-order valence-electron chi connectivity index (χ0n) is 29.3. The highest BCUT2D eigenvalue weighted by atomic mass is 32.2. The molecule has 1 aromatic carbocycles. The highest BCUT2D eigenvalue weighted by molar-refractivity contribution is 7.98. The second-order valence-electron chi connectivity index (χ2n) is 12.5. The van der Waals surface area contributed by atoms with Crippen LogP contribution in [0, 0.1) is 5.92 Å². The Morgan fingerprint density at radius 3 is 1.96 bits per heavy atom. The first-order valence-corrected chi connectivity index (χ1v) is 17.8. The largest absolute Gasteiger partial charge is 0.481 e. The molecule has 0 spiro atoms. The maximum absolute atomic E-state index is 13.4. The van der Waals surface area contributed by atoms with E-state index in [0.717, 1.165) is 10.9 Å². The monoisotopic (exact) mass is 749 g/mol. The van der Waals surface area contributed by atoms with Gasteiger partial charge in [-0.1, -0.05) is 32.0 Å². The molecule has 0 aliphatic heterocycles. The van der Waals surface area contributed by atoms with Crippen LogP contribution in [0.15, 0.2) is 30.5 Å². The number of nitrogens with one attached hydrogen (secondary N) is 6. The van der Waals surface area contributed by atoms with E-state index in [1.165, 1.54) is 18.7 Å². The third kappa shape index (κ3) is 13.5. The minimum Gasteiger partial charge on any atom is -0.481 e. The number of nitrogens with two attached hydrogens (primary N) is 1. The molecule has 0 aliphatic carbocycles. The zero-order valence-corrected chi connectivity index (χ0v) is 30.1. The molecule has 0 aliphatic rings. The van der Waals surface area contributed by atoms with Gasteiger partial charge in [0.05, 0.1) is 12.5 Å². The number of carboxylic acid groups (broad SMARTS) is 3. The molecule has 1 heterocycles. The Hall–Kier alpha value is -5.17. The second-order valence-corrected chi connectivity index (χ2v) is 13.4. The first-order chi connectivity index (χ1) is 24.4. The first-order valence-electron chi connectivity index (χ1n) is 16.4. The van der Waals surface area contributed by atoms with Crippen LogP contribution in [-0.4, -0.2) is 116 Å². The van der Waals surface area contributed by atoms with Gasteiger partial charge in [-0.05, 0) is 49.3 Å². The van der Waals surface area contributed by atoms with Crippen LogP contribution in [0.5, 0.6) is 0 Å². The first kappa shape index (κ1) is 43.0. The molecule has 2 aromatic rings. The summed E-state index contributed by atoms with van der Waals surface area (Å²) in [7, 11) is 0. The fourth-order valence-corrected chi connectivity index (χ4v) is 5.51. The Bertz CT molecular complexity index is 1620. The van der Waals surface area contributed by atoms with E-state index in [1.807, 2.05) is 6.07 Å². The van der Waals surface area contributed by atoms with Crippen molar-refractivity contribution < 1.29 is 53.7 Å². The maximum Gasteiger partial charge on any atom is 0.326 e. The molecule has 52 heavy (non-hydrogen) atoms. The number of thioether (sulfide) groups is 1. The number of benzene rings is 1. The van der Waals surface area contributed by atoms with Crippen LogP contribution in [0.2, 0.25) is 0 Å². The molecule has 5 amide bonds. The number of carbonyl (C=O) groups excluding carboxylic acids is 5. The van der Waals surface area contributed by atoms with Gasteiger partial charge in [0.2, 0.25) is 29.5 Å². The van der Waals surface area contributed by atoms with Crippen molar-refractivity contribution in [2.75, 3.05) is 12.0 Å². The highest BCUT2D eigenvalue weighted by Gasteiger charge is 2.34. The van der Waals surface area contributed by atoms with Gasteiger partial charge in [-0.25, -0.2) is 4.79 Å². The van der Waals surface area contributed by atoms with Crippen LogP contribution >= 0.6 is 11.8 Å². The molecule has 18 nitrogen and oxygen atoms in total. The zero-order chi connectivity index (χ0) is 39.1. The van der Waals surface area contributed by atoms with Gasteiger partial charge in [0, 0.05) is 29.9 Å². The smallest absolute Gasteiger partial charge is 0.326 e. The van der Waals surface area contributed by atoms with Crippen molar-refractivity contribution in [2.24, 2.45) is 11.7 Å². The van der Waals surface area contributed by atoms with Crippen molar-refractivity contribution in [3.05, 3.63) is 36.0 Å². The number of fused-ring (bicyclic) bond motifs is 1. The lowest BCUT2D eigenvalue weighted by Crippen LogP contribution is -2.60. The number of para-hydroxylation sites is 1. The van der Waals surface area contributed by atoms with Gasteiger partial charge in [0.25, 0.3) is 0 Å². The SMILES string of the molecule is CSCC[C@H](N)C(=O)N[C@@H](CC(=O)O)C(=O)N[C@H](C(=O)N[C@@H](CCC(=O)O)C(=O)N[C@@H](C)C(=O)N[C@@H](Cc1c[nH]c2ccccc12)C(=O)O)C(C)C. The fourth-order valence-electron chi connectivity index (χ4n) is 5.02. The topological polar surface area (TPSA) is 299 Å². The van der Waals surface area contributed by atoms with Gasteiger partial charge in [0.15, 0.2) is 0 Å². The van der Waals surface area contributed by atoms with Crippen molar-refractivity contribution in [2.45, 2.75) is 89.1 Å². The van der Waals surface area contributed by atoms with E-state index in [4.69, 9.17) is 5.73 Å². The molecule has 19 heteroatoms. The summed E-state index contributed by atoms with van der Waals surface area (Å²) >= 11 is 1.44. The molecule has 2 rings (SSSR count). The minimum absolute atomic E-state index is 0.0762. The summed E-state index contributed by atoms with van der Waals surface area (Å²) in [6.07, 6.45) is 1.79. The number of H-pyrrole nitrogens is 1. The van der Waals surface area contributed by atoms with Gasteiger partial charge >= 0.3 is 17.9 Å². The number of aromatic amines is 1. The summed E-state index contributed by atoms with van der Waals surface area (Å²) in [6, 6.07) is -1.04. The molecular formula is C33H47N7O11S. The molecular weight excluding hydrogens is 702 g/mol. The van der Waals surface area contributed by atoms with Crippen LogP contribution in [0.3, 0.4) is 0 Å². The van der Waals surface area contributed by atoms with Gasteiger partial charge < -0.3 is 52.6 Å². The molecule has 0 bridgehead atoms. The molecule has 0 unspecified atom stereocenters. The van der Waals surface area contributed by atoms with E-state index < -0.39 is 109 Å². The Kier molecular flexibility index (Phi) is 17.1. The predicted molar refractivity (Wildman–Crippen MR) is 190 cm³/mol. The normalized spacial score (nSPS) is 14.6. The van der Waals surface area contributed by atoms with E-state index in [2.05, 4.69) is 31.6 Å². The van der Waals surface area contributed by atoms with Crippen molar-refractivity contribution in [3.63, 3.8) is 0 Å². The maximum atomic E-state index is 13.4. The summed E-state index contributed by atoms with van der Waals surface area (Å²) in [5.41, 5.74) is 7.26. The van der Waals surface area contributed by atoms with Gasteiger partial charge in [-0.3, -0.25) is 33.6 Å². The quantitative estimate of drug-likeness (QED) is 0.0714. The molecule has 11 N–H and O–H groups in total. The van der Waals surface area contributed by atoms with Crippen LogP contribution in [-0.2, 0) is 44.8 Å². The van der Waals surface area contributed by atoms with Crippen molar-refractivity contribution in [1.29, 1.82) is 0 Å². The van der Waals surface area contributed by atoms with Crippen molar-refractivity contribution in [1.82, 2.24) is 31.6 Å². The molecule has 0 radical (unpaired) electrons. The average Bonchev–Trinajstić information content (AvgIpc) is 3.48. The predicted octanol–water partition coefficient (Wildman–Crippen LogP) is -0.685. The molecule has 1 aromatic heterocycles. The lowest BCUT2D eigenvalue weighted by Gasteiger charge is -2.27. The van der Waals surface area contributed by atoms with Crippen LogP contribution in [0.4, 0.5) is 0 Å². The number of rotatable bonds is 22. The number of carboxylic acids is 3. The summed E-state index contributed by atoms with van der Waals surface area (Å²) in [5, 5.41) is 41.0. The number of hydrogen-bond acceptors (Lipinski definition) is 10. The second kappa shape index (κ2) is 20.6. The van der Waals surface area contributed by atoms with Gasteiger partial charge in [0.1, 0.15) is 30.2 Å². The number of amides is 5. The third-order valence-electron chi connectivity index (χ3n) is 7.97. The molecule has 0 saturated heterocycles. The van der Waals surface area contributed by atoms with E-state index in [9.17, 15) is 53.7 Å². The van der Waals surface area contributed by atoms with Crippen LogP contribution in [0.1, 0.15) is 52.0 Å². The number of carbonyl (C=O) groups is 8. The number of hydrogen-bond donors (Lipinski definition) is 10. The Morgan fingerprint density at radius 1 is 0.750 bits per heavy atom. The Morgan fingerprint density at radius 2 is 1.37 bits per heavy atom. The van der Waals surface area contributed by atoms with E-state index >= 15 is 0 Å². The van der Waals surface area contributed by atoms with Gasteiger partial charge in [-0.15, -0.1) is 0 Å². The summed E-state index contributed by atoms with van der Waals surface area (Å²) in [5.74, 6) is -8.70. The fraction of sp³-hybridized carbons (Fsp3) is 0.515. The summed E-state index contributed by atoms with van der Waals surface area (Å²) < 4.78 is 0. The molecule has 6 atom stereocenters. The van der Waals surface area contributed by atoms with Crippen molar-refractivity contribution in [3.8, 4) is 0 Å². The molecule has 0 saturated carbocycles. The number of aromatic nitrogens is 1. The Balaban J connectivity index is 2.16. The average molecular weight is 750 g/mol. The van der Waals surface area contributed by atoms with E-state index in [0.29, 0.717) is 11.3 Å². The summed E-state index contributed by atoms with van der Waals surface area (Å²) in [6.45, 7) is 4.36. The highest BCUT2D eigenvalue weighted by Crippen LogP contribution is 2.19. The molecule has 286 valence electrons. The molecule has 0 fully saturated rings. The van der Waals surface area contributed by atoms with Crippen molar-refractivity contribution >= 4 is 70.1 Å². The minimum atomic E-state index is -1.60. The Labute approximate surface area is 303 Å². The lowest BCUT2D eigenvalue weighted by molar-refractivity contribution is -0.142. The third-order valence-corrected chi connectivity index (χ3v) is 8.62. The summed E-state index contributed by atoms with van der Waals surface area (Å²) in [4.78, 5) is 103. The van der Waals surface area contributed by atoms with E-state index in [1.54, 1.807) is 44.5 Å².